The number of nitrogens with one attached hydrogen (secondary N) is 1. The van der Waals surface area contributed by atoms with Crippen molar-refractivity contribution in [1.29, 1.82) is 0 Å². The van der Waals surface area contributed by atoms with E-state index in [-0.39, 0.29) is 16.1 Å². The number of ether oxygens (including phenoxy) is 1. The molecule has 0 unspecified atom stereocenters. The van der Waals surface area contributed by atoms with Gasteiger partial charge >= 0.3 is 5.97 Å². The molecule has 2 aliphatic rings. The van der Waals surface area contributed by atoms with Crippen LogP contribution in [0.2, 0.25) is 0 Å². The number of piperidine rings is 2. The number of likely N-dealkylation sites (tertiary alicyclic amines) is 1. The van der Waals surface area contributed by atoms with E-state index in [0.29, 0.717) is 17.5 Å². The third kappa shape index (κ3) is 5.42. The SMILES string of the molecule is COc1ccc(S(=O)(=O)Nc2cc(C(=O)O)ccc2N2CCC(N3CCCCC3)CC2)cc1. The van der Waals surface area contributed by atoms with Gasteiger partial charge in [-0.1, -0.05) is 6.42 Å². The van der Waals surface area contributed by atoms with E-state index in [4.69, 9.17) is 4.74 Å². The van der Waals surface area contributed by atoms with Crippen LogP contribution in [0.1, 0.15) is 42.5 Å². The minimum Gasteiger partial charge on any atom is -0.497 e. The Hall–Kier alpha value is -2.78. The minimum absolute atomic E-state index is 0.0365. The van der Waals surface area contributed by atoms with Gasteiger partial charge < -0.3 is 19.6 Å². The summed E-state index contributed by atoms with van der Waals surface area (Å²) in [4.78, 5) is 16.4. The van der Waals surface area contributed by atoms with Crippen molar-refractivity contribution in [3.8, 4) is 5.75 Å². The van der Waals surface area contributed by atoms with Crippen molar-refractivity contribution in [1.82, 2.24) is 4.90 Å². The topological polar surface area (TPSA) is 99.2 Å². The first-order valence-corrected chi connectivity index (χ1v) is 12.9. The summed E-state index contributed by atoms with van der Waals surface area (Å²) in [6.45, 7) is 3.91. The molecule has 0 radical (unpaired) electrons. The number of nitrogens with zero attached hydrogens (tertiary/aromatic N) is 2. The molecule has 178 valence electrons. The zero-order valence-electron chi connectivity index (χ0n) is 18.9. The standard InChI is InChI=1S/C24H31N3O5S/c1-32-20-6-8-21(9-7-20)33(30,31)25-22-17-18(24(28)29)5-10-23(22)27-15-11-19(12-16-27)26-13-3-2-4-14-26/h5-10,17,19,25H,2-4,11-16H2,1H3,(H,28,29). The first-order chi connectivity index (χ1) is 15.9. The van der Waals surface area contributed by atoms with Crippen LogP contribution in [0.4, 0.5) is 11.4 Å². The van der Waals surface area contributed by atoms with Gasteiger partial charge in [-0.25, -0.2) is 13.2 Å². The van der Waals surface area contributed by atoms with Crippen molar-refractivity contribution in [2.45, 2.75) is 43.0 Å². The first-order valence-electron chi connectivity index (χ1n) is 11.4. The molecule has 0 bridgehead atoms. The third-order valence-corrected chi connectivity index (χ3v) is 7.95. The lowest BCUT2D eigenvalue weighted by molar-refractivity contribution is 0.0697. The van der Waals surface area contributed by atoms with Gasteiger partial charge in [0.25, 0.3) is 10.0 Å². The zero-order valence-corrected chi connectivity index (χ0v) is 19.7. The van der Waals surface area contributed by atoms with Gasteiger partial charge in [-0.05, 0) is 81.2 Å². The van der Waals surface area contributed by atoms with Crippen LogP contribution in [-0.4, -0.2) is 63.7 Å². The highest BCUT2D eigenvalue weighted by molar-refractivity contribution is 7.92. The Morgan fingerprint density at radius 1 is 1.00 bits per heavy atom. The Morgan fingerprint density at radius 3 is 2.27 bits per heavy atom. The van der Waals surface area contributed by atoms with Crippen molar-refractivity contribution in [2.24, 2.45) is 0 Å². The number of carbonyl (C=O) groups is 1. The average molecular weight is 474 g/mol. The maximum atomic E-state index is 13.1. The van der Waals surface area contributed by atoms with Gasteiger partial charge in [0.15, 0.2) is 0 Å². The summed E-state index contributed by atoms with van der Waals surface area (Å²) < 4.78 is 33.8. The van der Waals surface area contributed by atoms with E-state index in [9.17, 15) is 18.3 Å². The molecule has 0 spiro atoms. The van der Waals surface area contributed by atoms with Crippen LogP contribution < -0.4 is 14.4 Å². The molecule has 2 saturated heterocycles. The minimum atomic E-state index is -3.90. The second-order valence-corrected chi connectivity index (χ2v) is 10.3. The van der Waals surface area contributed by atoms with Crippen LogP contribution in [0.25, 0.3) is 0 Å². The fraction of sp³-hybridized carbons (Fsp3) is 0.458. The van der Waals surface area contributed by atoms with Crippen molar-refractivity contribution in [3.05, 3.63) is 48.0 Å². The first kappa shape index (κ1) is 23.4. The molecule has 0 aromatic heterocycles. The Kier molecular flexibility index (Phi) is 7.09. The Balaban J connectivity index is 1.55. The molecule has 9 heteroatoms. The summed E-state index contributed by atoms with van der Waals surface area (Å²) in [6.07, 6.45) is 5.84. The maximum absolute atomic E-state index is 13.1. The Bertz CT molecular complexity index is 1070. The van der Waals surface area contributed by atoms with Gasteiger partial charge in [0.05, 0.1) is 28.9 Å². The number of carboxylic acids is 1. The lowest BCUT2D eigenvalue weighted by Gasteiger charge is -2.41. The molecule has 2 aromatic carbocycles. The highest BCUT2D eigenvalue weighted by Gasteiger charge is 2.27. The smallest absolute Gasteiger partial charge is 0.335 e. The number of aromatic carboxylic acids is 1. The molecule has 0 atom stereocenters. The van der Waals surface area contributed by atoms with E-state index >= 15 is 0 Å². The van der Waals surface area contributed by atoms with Crippen LogP contribution in [0, 0.1) is 0 Å². The summed E-state index contributed by atoms with van der Waals surface area (Å²) >= 11 is 0. The van der Waals surface area contributed by atoms with E-state index in [1.807, 2.05) is 0 Å². The quantitative estimate of drug-likeness (QED) is 0.633. The number of hydrogen-bond acceptors (Lipinski definition) is 6. The molecule has 33 heavy (non-hydrogen) atoms. The monoisotopic (exact) mass is 473 g/mol. The van der Waals surface area contributed by atoms with Gasteiger partial charge in [0.1, 0.15) is 5.75 Å². The third-order valence-electron chi connectivity index (χ3n) is 6.57. The van der Waals surface area contributed by atoms with Crippen LogP contribution in [0.3, 0.4) is 0 Å². The molecule has 4 rings (SSSR count). The van der Waals surface area contributed by atoms with E-state index in [1.165, 1.54) is 50.6 Å². The molecule has 0 saturated carbocycles. The molecular formula is C24H31N3O5S. The molecule has 2 fully saturated rings. The molecule has 0 amide bonds. The highest BCUT2D eigenvalue weighted by Crippen LogP contribution is 2.33. The second kappa shape index (κ2) is 10.0. The predicted octanol–water partition coefficient (Wildman–Crippen LogP) is 3.65. The molecular weight excluding hydrogens is 442 g/mol. The fourth-order valence-corrected chi connectivity index (χ4v) is 5.81. The van der Waals surface area contributed by atoms with Gasteiger partial charge in [0.2, 0.25) is 0 Å². The molecule has 2 heterocycles. The van der Waals surface area contributed by atoms with Crippen molar-refractivity contribution in [2.75, 3.05) is 42.9 Å². The molecule has 2 N–H and O–H groups in total. The van der Waals surface area contributed by atoms with Crippen LogP contribution >= 0.6 is 0 Å². The fourth-order valence-electron chi connectivity index (χ4n) is 4.74. The number of anilines is 2. The summed E-state index contributed by atoms with van der Waals surface area (Å²) in [5.41, 5.74) is 1.02. The lowest BCUT2D eigenvalue weighted by atomic mass is 9.99. The van der Waals surface area contributed by atoms with Crippen LogP contribution in [0.15, 0.2) is 47.4 Å². The van der Waals surface area contributed by atoms with Crippen molar-refractivity contribution < 1.29 is 23.1 Å². The molecule has 0 aliphatic carbocycles. The largest absolute Gasteiger partial charge is 0.497 e. The van der Waals surface area contributed by atoms with Crippen molar-refractivity contribution >= 4 is 27.4 Å². The summed E-state index contributed by atoms with van der Waals surface area (Å²) in [6, 6.07) is 11.3. The van der Waals surface area contributed by atoms with Gasteiger partial charge in [-0.3, -0.25) is 4.72 Å². The zero-order chi connectivity index (χ0) is 23.4. The lowest BCUT2D eigenvalue weighted by Crippen LogP contribution is -2.46. The second-order valence-electron chi connectivity index (χ2n) is 8.63. The number of methoxy groups -OCH3 is 1. The summed E-state index contributed by atoms with van der Waals surface area (Å²) in [5.74, 6) is -0.547. The van der Waals surface area contributed by atoms with Crippen LogP contribution in [-0.2, 0) is 10.0 Å². The summed E-state index contributed by atoms with van der Waals surface area (Å²) in [7, 11) is -2.39. The summed E-state index contributed by atoms with van der Waals surface area (Å²) in [5, 5.41) is 9.45. The molecule has 8 nitrogen and oxygen atoms in total. The molecule has 2 aliphatic heterocycles. The van der Waals surface area contributed by atoms with E-state index in [1.54, 1.807) is 18.2 Å². The number of rotatable bonds is 7. The maximum Gasteiger partial charge on any atom is 0.335 e. The van der Waals surface area contributed by atoms with Crippen LogP contribution in [0.5, 0.6) is 5.75 Å². The Morgan fingerprint density at radius 2 is 1.67 bits per heavy atom. The number of sulfonamides is 1. The average Bonchev–Trinajstić information content (AvgIpc) is 2.84. The van der Waals surface area contributed by atoms with Gasteiger partial charge in [0, 0.05) is 19.1 Å². The van der Waals surface area contributed by atoms with E-state index in [2.05, 4.69) is 14.5 Å². The number of carboxylic acid groups (broad SMARTS) is 1. The number of benzene rings is 2. The molecule has 2 aromatic rings. The van der Waals surface area contributed by atoms with E-state index in [0.717, 1.165) is 39.0 Å². The predicted molar refractivity (Wildman–Crippen MR) is 128 cm³/mol. The normalized spacial score (nSPS) is 18.2. The highest BCUT2D eigenvalue weighted by atomic mass is 32.2. The van der Waals surface area contributed by atoms with Gasteiger partial charge in [-0.2, -0.15) is 0 Å². The van der Waals surface area contributed by atoms with E-state index < -0.39 is 16.0 Å². The van der Waals surface area contributed by atoms with Crippen molar-refractivity contribution in [3.63, 3.8) is 0 Å². The van der Waals surface area contributed by atoms with Gasteiger partial charge in [-0.15, -0.1) is 0 Å². The Labute approximate surface area is 195 Å². The number of hydrogen-bond donors (Lipinski definition) is 2.